The van der Waals surface area contributed by atoms with E-state index in [9.17, 15) is 15.3 Å². The van der Waals surface area contributed by atoms with Gasteiger partial charge in [-0.05, 0) is 18.2 Å². The average Bonchev–Trinajstić information content (AvgIpc) is 3.37. The van der Waals surface area contributed by atoms with E-state index in [0.717, 1.165) is 5.52 Å². The minimum atomic E-state index is -1.29. The van der Waals surface area contributed by atoms with Gasteiger partial charge in [0.2, 0.25) is 0 Å². The predicted molar refractivity (Wildman–Crippen MR) is 97.4 cm³/mol. The maximum atomic E-state index is 10.6. The predicted octanol–water partition coefficient (Wildman–Crippen LogP) is -0.641. The minimum absolute atomic E-state index is 0.251. The van der Waals surface area contributed by atoms with Crippen LogP contribution in [0.1, 0.15) is 6.23 Å². The van der Waals surface area contributed by atoms with Crippen molar-refractivity contribution in [2.24, 2.45) is 0 Å². The van der Waals surface area contributed by atoms with E-state index in [4.69, 9.17) is 10.5 Å². The summed E-state index contributed by atoms with van der Waals surface area (Å²) in [5.41, 5.74) is 7.82. The molecule has 0 aliphatic carbocycles. The summed E-state index contributed by atoms with van der Waals surface area (Å²) in [4.78, 5) is 8.30. The van der Waals surface area contributed by atoms with Crippen LogP contribution >= 0.6 is 0 Å². The standard InChI is InChI=1S/C17H17N7O4/c18-15-8-5-12(24-10-4-2-1-3-9(10)21-22-24)23(16(8)20-7-19-15)17-14(27)13(26)11(6-25)28-17/h1-5,7,11,13-14,17,25-27H,6H2,(H2,18,19,20)/t11-,13-,14-,17-/m1/s1. The normalized spacial score (nSPS) is 25.1. The summed E-state index contributed by atoms with van der Waals surface area (Å²) in [5, 5.41) is 39.1. The number of aliphatic hydroxyl groups is 3. The molecule has 0 spiro atoms. The second-order valence-corrected chi connectivity index (χ2v) is 6.59. The second kappa shape index (κ2) is 6.21. The van der Waals surface area contributed by atoms with Crippen LogP contribution in [0.15, 0.2) is 36.7 Å². The molecule has 1 fully saturated rings. The third-order valence-electron chi connectivity index (χ3n) is 4.98. The van der Waals surface area contributed by atoms with Gasteiger partial charge in [0.25, 0.3) is 0 Å². The Morgan fingerprint density at radius 1 is 1.14 bits per heavy atom. The highest BCUT2D eigenvalue weighted by Gasteiger charge is 2.45. The van der Waals surface area contributed by atoms with Crippen molar-refractivity contribution < 1.29 is 20.1 Å². The molecular weight excluding hydrogens is 366 g/mol. The first-order chi connectivity index (χ1) is 13.6. The van der Waals surface area contributed by atoms with Crippen molar-refractivity contribution >= 4 is 27.9 Å². The van der Waals surface area contributed by atoms with Gasteiger partial charge in [-0.3, -0.25) is 4.57 Å². The zero-order valence-electron chi connectivity index (χ0n) is 14.5. The van der Waals surface area contributed by atoms with Gasteiger partial charge in [-0.15, -0.1) is 5.10 Å². The van der Waals surface area contributed by atoms with Gasteiger partial charge in [-0.25, -0.2) is 9.97 Å². The molecule has 1 aromatic carbocycles. The monoisotopic (exact) mass is 383 g/mol. The Bertz CT molecular complexity index is 1170. The second-order valence-electron chi connectivity index (χ2n) is 6.59. The number of nitrogen functional groups attached to an aromatic ring is 1. The van der Waals surface area contributed by atoms with Crippen LogP contribution in [0.2, 0.25) is 0 Å². The lowest BCUT2D eigenvalue weighted by atomic mass is 10.1. The lowest BCUT2D eigenvalue weighted by Gasteiger charge is -2.20. The van der Waals surface area contributed by atoms with Crippen LogP contribution in [-0.4, -0.2) is 69.8 Å². The van der Waals surface area contributed by atoms with E-state index in [-0.39, 0.29) is 5.82 Å². The molecule has 11 heteroatoms. The lowest BCUT2D eigenvalue weighted by Crippen LogP contribution is -2.33. The van der Waals surface area contributed by atoms with E-state index < -0.39 is 31.1 Å². The Labute approximate surface area is 157 Å². The van der Waals surface area contributed by atoms with E-state index >= 15 is 0 Å². The zero-order chi connectivity index (χ0) is 19.4. The Morgan fingerprint density at radius 3 is 2.75 bits per heavy atom. The molecule has 0 bridgehead atoms. The molecule has 4 atom stereocenters. The number of fused-ring (bicyclic) bond motifs is 2. The Kier molecular flexibility index (Phi) is 3.77. The van der Waals surface area contributed by atoms with Gasteiger partial charge in [0.05, 0.1) is 17.5 Å². The number of nitrogens with two attached hydrogens (primary N) is 1. The molecule has 0 saturated carbocycles. The maximum absolute atomic E-state index is 10.6. The van der Waals surface area contributed by atoms with Gasteiger partial charge in [-0.1, -0.05) is 17.3 Å². The summed E-state index contributed by atoms with van der Waals surface area (Å²) in [6.45, 7) is -0.438. The summed E-state index contributed by atoms with van der Waals surface area (Å²) in [6, 6.07) is 9.11. The molecule has 1 aliphatic heterocycles. The highest BCUT2D eigenvalue weighted by molar-refractivity contribution is 5.89. The summed E-state index contributed by atoms with van der Waals surface area (Å²) in [7, 11) is 0. The number of para-hydroxylation sites is 1. The number of anilines is 1. The van der Waals surface area contributed by atoms with Crippen molar-refractivity contribution in [1.29, 1.82) is 0 Å². The molecule has 5 rings (SSSR count). The molecule has 3 aromatic heterocycles. The van der Waals surface area contributed by atoms with Crippen molar-refractivity contribution in [3.05, 3.63) is 36.7 Å². The molecule has 28 heavy (non-hydrogen) atoms. The minimum Gasteiger partial charge on any atom is -0.394 e. The van der Waals surface area contributed by atoms with E-state index in [0.29, 0.717) is 22.4 Å². The molecule has 4 heterocycles. The Balaban J connectivity index is 1.78. The Morgan fingerprint density at radius 2 is 1.96 bits per heavy atom. The molecule has 11 nitrogen and oxygen atoms in total. The van der Waals surface area contributed by atoms with E-state index in [1.807, 2.05) is 24.3 Å². The van der Waals surface area contributed by atoms with Crippen LogP contribution in [-0.2, 0) is 4.74 Å². The zero-order valence-corrected chi connectivity index (χ0v) is 14.5. The van der Waals surface area contributed by atoms with Crippen LogP contribution < -0.4 is 5.73 Å². The fourth-order valence-electron chi connectivity index (χ4n) is 3.58. The van der Waals surface area contributed by atoms with Crippen molar-refractivity contribution in [3.8, 4) is 5.82 Å². The van der Waals surface area contributed by atoms with Gasteiger partial charge in [0.15, 0.2) is 6.23 Å². The summed E-state index contributed by atoms with van der Waals surface area (Å²) in [5.74, 6) is 0.729. The molecule has 5 N–H and O–H groups in total. The molecular formula is C17H17N7O4. The molecule has 0 amide bonds. The molecule has 1 saturated heterocycles. The SMILES string of the molecule is Nc1ncnc2c1cc(-n1nnc3ccccc31)n2[C@@H]1O[C@H](CO)[C@@H](O)[C@H]1O. The van der Waals surface area contributed by atoms with Gasteiger partial charge in [-0.2, -0.15) is 4.68 Å². The van der Waals surface area contributed by atoms with Crippen LogP contribution in [0.25, 0.3) is 27.9 Å². The number of ether oxygens (including phenoxy) is 1. The largest absolute Gasteiger partial charge is 0.394 e. The van der Waals surface area contributed by atoms with Crippen LogP contribution in [0.5, 0.6) is 0 Å². The van der Waals surface area contributed by atoms with Gasteiger partial charge < -0.3 is 25.8 Å². The summed E-state index contributed by atoms with van der Waals surface area (Å²) < 4.78 is 8.88. The van der Waals surface area contributed by atoms with E-state index in [2.05, 4.69) is 20.3 Å². The third kappa shape index (κ3) is 2.31. The summed E-state index contributed by atoms with van der Waals surface area (Å²) >= 11 is 0. The molecule has 144 valence electrons. The highest BCUT2D eigenvalue weighted by Crippen LogP contribution is 2.36. The van der Waals surface area contributed by atoms with Crippen molar-refractivity contribution in [2.45, 2.75) is 24.5 Å². The van der Waals surface area contributed by atoms with Gasteiger partial charge in [0, 0.05) is 0 Å². The molecule has 0 radical (unpaired) electrons. The van der Waals surface area contributed by atoms with Crippen molar-refractivity contribution in [3.63, 3.8) is 0 Å². The molecule has 1 aliphatic rings. The number of hydrogen-bond acceptors (Lipinski definition) is 9. The Hall–Kier alpha value is -3.12. The number of rotatable bonds is 3. The maximum Gasteiger partial charge on any atom is 0.166 e. The molecule has 4 aromatic rings. The quantitative estimate of drug-likeness (QED) is 0.361. The summed E-state index contributed by atoms with van der Waals surface area (Å²) in [6.07, 6.45) is -3.20. The van der Waals surface area contributed by atoms with Crippen LogP contribution in [0.4, 0.5) is 5.82 Å². The average molecular weight is 383 g/mol. The van der Waals surface area contributed by atoms with Crippen LogP contribution in [0.3, 0.4) is 0 Å². The number of nitrogens with zero attached hydrogens (tertiary/aromatic N) is 6. The first kappa shape index (κ1) is 17.0. The van der Waals surface area contributed by atoms with E-state index in [1.54, 1.807) is 15.3 Å². The third-order valence-corrected chi connectivity index (χ3v) is 4.98. The van der Waals surface area contributed by atoms with Crippen molar-refractivity contribution in [2.75, 3.05) is 12.3 Å². The van der Waals surface area contributed by atoms with Gasteiger partial charge >= 0.3 is 0 Å². The number of aliphatic hydroxyl groups excluding tert-OH is 3. The van der Waals surface area contributed by atoms with E-state index in [1.165, 1.54) is 6.33 Å². The van der Waals surface area contributed by atoms with Gasteiger partial charge in [0.1, 0.15) is 47.4 Å². The molecule has 0 unspecified atom stereocenters. The van der Waals surface area contributed by atoms with Crippen molar-refractivity contribution in [1.82, 2.24) is 29.5 Å². The number of aromatic nitrogens is 6. The number of benzene rings is 1. The fraction of sp³-hybridized carbons (Fsp3) is 0.294. The smallest absolute Gasteiger partial charge is 0.166 e. The van der Waals surface area contributed by atoms with Crippen LogP contribution in [0, 0.1) is 0 Å². The lowest BCUT2D eigenvalue weighted by molar-refractivity contribution is -0.0509. The topological polar surface area (TPSA) is 157 Å². The number of hydrogen-bond donors (Lipinski definition) is 4. The first-order valence-electron chi connectivity index (χ1n) is 8.65. The highest BCUT2D eigenvalue weighted by atomic mass is 16.6. The first-order valence-corrected chi connectivity index (χ1v) is 8.65. The fourth-order valence-corrected chi connectivity index (χ4v) is 3.58.